The minimum Gasteiger partial charge on any atom is -0.452 e. The van der Waals surface area contributed by atoms with E-state index in [4.69, 9.17) is 16.3 Å². The molecule has 0 bridgehead atoms. The third-order valence-corrected chi connectivity index (χ3v) is 5.91. The minimum atomic E-state index is -0.531. The van der Waals surface area contributed by atoms with E-state index in [0.29, 0.717) is 11.3 Å². The first kappa shape index (κ1) is 20.1. The molecule has 8 heteroatoms. The predicted molar refractivity (Wildman–Crippen MR) is 111 cm³/mol. The summed E-state index contributed by atoms with van der Waals surface area (Å²) in [6.07, 6.45) is 1.52. The van der Waals surface area contributed by atoms with Crippen molar-refractivity contribution in [2.75, 3.05) is 11.9 Å². The maximum atomic E-state index is 12.8. The van der Waals surface area contributed by atoms with Gasteiger partial charge in [0.25, 0.3) is 5.91 Å². The molecule has 146 valence electrons. The molecule has 28 heavy (non-hydrogen) atoms. The highest BCUT2D eigenvalue weighted by molar-refractivity contribution is 7.15. The molecule has 3 rings (SSSR count). The number of nitrogens with zero attached hydrogens (tertiary/aromatic N) is 2. The number of halogens is 1. The SMILES string of the molecule is Cc1sc(-n2c(C)ccc2C)c(C(=O)OCC(=O)Nc2cccnc2Cl)c1C. The Bertz CT molecular complexity index is 1040. The fourth-order valence-corrected chi connectivity index (χ4v) is 4.29. The van der Waals surface area contributed by atoms with E-state index in [1.54, 1.807) is 12.1 Å². The van der Waals surface area contributed by atoms with Crippen LogP contribution in [0.2, 0.25) is 5.15 Å². The maximum Gasteiger partial charge on any atom is 0.341 e. The fraction of sp³-hybridized carbons (Fsp3) is 0.250. The summed E-state index contributed by atoms with van der Waals surface area (Å²) in [5.74, 6) is -1.01. The van der Waals surface area contributed by atoms with Crippen molar-refractivity contribution in [1.82, 2.24) is 9.55 Å². The fourth-order valence-electron chi connectivity index (χ4n) is 2.86. The van der Waals surface area contributed by atoms with Crippen molar-refractivity contribution < 1.29 is 14.3 Å². The zero-order chi connectivity index (χ0) is 20.4. The Kier molecular flexibility index (Phi) is 5.86. The number of esters is 1. The number of pyridine rings is 1. The van der Waals surface area contributed by atoms with Crippen molar-refractivity contribution in [3.05, 3.63) is 63.0 Å². The number of hydrogen-bond acceptors (Lipinski definition) is 5. The van der Waals surface area contributed by atoms with Crippen LogP contribution in [0.15, 0.2) is 30.5 Å². The first-order chi connectivity index (χ1) is 13.3. The van der Waals surface area contributed by atoms with Crippen LogP contribution in [-0.2, 0) is 9.53 Å². The van der Waals surface area contributed by atoms with Crippen molar-refractivity contribution in [3.8, 4) is 5.00 Å². The molecular formula is C20H20ClN3O3S. The van der Waals surface area contributed by atoms with Crippen molar-refractivity contribution in [2.24, 2.45) is 0 Å². The van der Waals surface area contributed by atoms with Crippen LogP contribution < -0.4 is 5.32 Å². The lowest BCUT2D eigenvalue weighted by molar-refractivity contribution is -0.119. The molecule has 6 nitrogen and oxygen atoms in total. The molecule has 0 atom stereocenters. The number of hydrogen-bond donors (Lipinski definition) is 1. The van der Waals surface area contributed by atoms with E-state index in [-0.39, 0.29) is 5.15 Å². The summed E-state index contributed by atoms with van der Waals surface area (Å²) in [5.41, 5.74) is 3.76. The number of carbonyl (C=O) groups is 2. The second-order valence-electron chi connectivity index (χ2n) is 6.38. The van der Waals surface area contributed by atoms with Crippen LogP contribution in [0.4, 0.5) is 5.69 Å². The highest BCUT2D eigenvalue weighted by atomic mass is 35.5. The minimum absolute atomic E-state index is 0.173. The summed E-state index contributed by atoms with van der Waals surface area (Å²) in [4.78, 5) is 29.8. The highest BCUT2D eigenvalue weighted by Gasteiger charge is 2.24. The average Bonchev–Trinajstić information content (AvgIpc) is 3.13. The number of amides is 1. The van der Waals surface area contributed by atoms with Gasteiger partial charge in [0.2, 0.25) is 0 Å². The van der Waals surface area contributed by atoms with Gasteiger partial charge in [-0.1, -0.05) is 11.6 Å². The molecular weight excluding hydrogens is 398 g/mol. The van der Waals surface area contributed by atoms with E-state index >= 15 is 0 Å². The number of carbonyl (C=O) groups excluding carboxylic acids is 2. The van der Waals surface area contributed by atoms with Gasteiger partial charge in [-0.15, -0.1) is 11.3 Å². The first-order valence-corrected chi connectivity index (χ1v) is 9.81. The molecule has 1 amide bonds. The molecule has 0 aliphatic carbocycles. The van der Waals surface area contributed by atoms with Crippen molar-refractivity contribution in [2.45, 2.75) is 27.7 Å². The van der Waals surface area contributed by atoms with Crippen LogP contribution in [0.3, 0.4) is 0 Å². The number of anilines is 1. The number of thiophene rings is 1. The molecule has 0 saturated heterocycles. The van der Waals surface area contributed by atoms with Gasteiger partial charge in [-0.3, -0.25) is 4.79 Å². The Hall–Kier alpha value is -2.64. The number of aromatic nitrogens is 2. The van der Waals surface area contributed by atoms with Gasteiger partial charge in [-0.05, 0) is 57.5 Å². The van der Waals surface area contributed by atoms with E-state index in [1.807, 2.05) is 44.4 Å². The lowest BCUT2D eigenvalue weighted by Gasteiger charge is -2.11. The van der Waals surface area contributed by atoms with Crippen molar-refractivity contribution >= 4 is 40.5 Å². The van der Waals surface area contributed by atoms with Gasteiger partial charge in [0.1, 0.15) is 5.00 Å². The molecule has 1 N–H and O–H groups in total. The molecule has 0 aromatic carbocycles. The van der Waals surface area contributed by atoms with Crippen LogP contribution in [0.1, 0.15) is 32.2 Å². The summed E-state index contributed by atoms with van der Waals surface area (Å²) in [6, 6.07) is 7.27. The average molecular weight is 418 g/mol. The third-order valence-electron chi connectivity index (χ3n) is 4.41. The lowest BCUT2D eigenvalue weighted by Crippen LogP contribution is -2.22. The highest BCUT2D eigenvalue weighted by Crippen LogP contribution is 2.33. The topological polar surface area (TPSA) is 73.2 Å². The van der Waals surface area contributed by atoms with Crippen LogP contribution in [0.5, 0.6) is 0 Å². The zero-order valence-corrected chi connectivity index (χ0v) is 17.6. The summed E-state index contributed by atoms with van der Waals surface area (Å²) in [7, 11) is 0. The van der Waals surface area contributed by atoms with Gasteiger partial charge in [0.05, 0.1) is 11.3 Å². The number of aryl methyl sites for hydroxylation is 3. The summed E-state index contributed by atoms with van der Waals surface area (Å²) >= 11 is 7.45. The van der Waals surface area contributed by atoms with Gasteiger partial charge < -0.3 is 14.6 Å². The second-order valence-corrected chi connectivity index (χ2v) is 7.94. The van der Waals surface area contributed by atoms with E-state index < -0.39 is 18.5 Å². The van der Waals surface area contributed by atoms with Crippen molar-refractivity contribution in [1.29, 1.82) is 0 Å². The van der Waals surface area contributed by atoms with Gasteiger partial charge in [-0.25, -0.2) is 9.78 Å². The zero-order valence-electron chi connectivity index (χ0n) is 16.0. The Morgan fingerprint density at radius 1 is 1.18 bits per heavy atom. The molecule has 0 aliphatic rings. The summed E-state index contributed by atoms with van der Waals surface area (Å²) < 4.78 is 7.32. The molecule has 0 saturated carbocycles. The van der Waals surface area contributed by atoms with Gasteiger partial charge in [-0.2, -0.15) is 0 Å². The Morgan fingerprint density at radius 3 is 2.50 bits per heavy atom. The Labute approximate surface area is 172 Å². The summed E-state index contributed by atoms with van der Waals surface area (Å²) in [5, 5.41) is 3.56. The first-order valence-electron chi connectivity index (χ1n) is 8.62. The van der Waals surface area contributed by atoms with E-state index in [2.05, 4.69) is 10.3 Å². The van der Waals surface area contributed by atoms with Crippen LogP contribution >= 0.6 is 22.9 Å². The summed E-state index contributed by atoms with van der Waals surface area (Å²) in [6.45, 7) is 7.40. The van der Waals surface area contributed by atoms with Crippen LogP contribution in [0, 0.1) is 27.7 Å². The third kappa shape index (κ3) is 3.95. The van der Waals surface area contributed by atoms with Crippen molar-refractivity contribution in [3.63, 3.8) is 0 Å². The molecule has 0 unspecified atom stereocenters. The van der Waals surface area contributed by atoms with Gasteiger partial charge in [0, 0.05) is 22.5 Å². The molecule has 0 spiro atoms. The molecule has 3 aromatic heterocycles. The number of ether oxygens (including phenoxy) is 1. The van der Waals surface area contributed by atoms with Gasteiger partial charge in [0.15, 0.2) is 11.8 Å². The van der Waals surface area contributed by atoms with E-state index in [9.17, 15) is 9.59 Å². The Balaban J connectivity index is 1.78. The predicted octanol–water partition coefficient (Wildman–Crippen LogP) is 4.62. The quantitative estimate of drug-likeness (QED) is 0.485. The number of nitrogens with one attached hydrogen (secondary N) is 1. The molecule has 0 fully saturated rings. The monoisotopic (exact) mass is 417 g/mol. The molecule has 0 aliphatic heterocycles. The normalized spacial score (nSPS) is 10.8. The largest absolute Gasteiger partial charge is 0.452 e. The van der Waals surface area contributed by atoms with Crippen LogP contribution in [0.25, 0.3) is 5.00 Å². The van der Waals surface area contributed by atoms with Gasteiger partial charge >= 0.3 is 5.97 Å². The Morgan fingerprint density at radius 2 is 1.86 bits per heavy atom. The smallest absolute Gasteiger partial charge is 0.341 e. The maximum absolute atomic E-state index is 12.8. The molecule has 0 radical (unpaired) electrons. The lowest BCUT2D eigenvalue weighted by atomic mass is 10.1. The molecule has 3 heterocycles. The van der Waals surface area contributed by atoms with E-state index in [0.717, 1.165) is 26.8 Å². The molecule has 3 aromatic rings. The number of rotatable bonds is 5. The second kappa shape index (κ2) is 8.16. The standard InChI is InChI=1S/C20H20ClN3O3S/c1-11-7-8-12(2)24(11)19-17(13(3)14(4)28-19)20(26)27-10-16(25)23-15-6-5-9-22-18(15)21/h5-9H,10H2,1-4H3,(H,23,25). The van der Waals surface area contributed by atoms with E-state index in [1.165, 1.54) is 17.5 Å². The van der Waals surface area contributed by atoms with Crippen LogP contribution in [-0.4, -0.2) is 28.0 Å².